The normalized spacial score (nSPS) is 13.8. The molecular weight excluding hydrogens is 414 g/mol. The van der Waals surface area contributed by atoms with Gasteiger partial charge >= 0.3 is 0 Å². The summed E-state index contributed by atoms with van der Waals surface area (Å²) in [5.74, 6) is -0.885. The van der Waals surface area contributed by atoms with Crippen molar-refractivity contribution in [1.82, 2.24) is 25.3 Å². The number of fused-ring (bicyclic) bond motifs is 1. The Labute approximate surface area is 182 Å². The van der Waals surface area contributed by atoms with Crippen LogP contribution < -0.4 is 10.2 Å². The first-order valence-corrected chi connectivity index (χ1v) is 10.0. The van der Waals surface area contributed by atoms with Crippen LogP contribution >= 0.6 is 0 Å². The molecule has 7 nitrogen and oxygen atoms in total. The van der Waals surface area contributed by atoms with E-state index in [4.69, 9.17) is 0 Å². The first kappa shape index (κ1) is 19.9. The van der Waals surface area contributed by atoms with E-state index >= 15 is 0 Å². The lowest BCUT2D eigenvalue weighted by Gasteiger charge is -2.39. The molecule has 0 atom stereocenters. The highest BCUT2D eigenvalue weighted by molar-refractivity contribution is 5.94. The lowest BCUT2D eigenvalue weighted by atomic mass is 9.92. The van der Waals surface area contributed by atoms with E-state index in [2.05, 4.69) is 25.3 Å². The maximum Gasteiger partial charge on any atom is 0.253 e. The van der Waals surface area contributed by atoms with Gasteiger partial charge in [0.1, 0.15) is 11.6 Å². The maximum absolute atomic E-state index is 14.5. The number of hydrogen-bond donors (Lipinski definition) is 1. The van der Waals surface area contributed by atoms with Gasteiger partial charge in [-0.25, -0.2) is 18.7 Å². The highest BCUT2D eigenvalue weighted by Gasteiger charge is 2.33. The predicted octanol–water partition coefficient (Wildman–Crippen LogP) is 3.33. The Kier molecular flexibility index (Phi) is 4.93. The van der Waals surface area contributed by atoms with E-state index in [9.17, 15) is 13.6 Å². The summed E-state index contributed by atoms with van der Waals surface area (Å²) in [5.41, 5.74) is 2.38. The monoisotopic (exact) mass is 432 g/mol. The molecule has 1 amide bonds. The highest BCUT2D eigenvalue weighted by atomic mass is 19.1. The Hall–Kier alpha value is -4.01. The molecule has 0 unspecified atom stereocenters. The molecule has 0 saturated carbocycles. The number of hydrogen-bond acceptors (Lipinski definition) is 6. The lowest BCUT2D eigenvalue weighted by molar-refractivity contribution is 0.0959. The molecule has 0 spiro atoms. The minimum atomic E-state index is -0.620. The zero-order valence-electron chi connectivity index (χ0n) is 17.1. The Bertz CT molecular complexity index is 1340. The number of carbonyl (C=O) groups is 1. The quantitative estimate of drug-likeness (QED) is 0.533. The van der Waals surface area contributed by atoms with Crippen LogP contribution in [0, 0.1) is 11.6 Å². The first-order chi connectivity index (χ1) is 15.5. The van der Waals surface area contributed by atoms with Crippen LogP contribution in [0.25, 0.3) is 22.2 Å². The van der Waals surface area contributed by atoms with E-state index in [-0.39, 0.29) is 17.3 Å². The minimum Gasteiger partial charge on any atom is -0.355 e. The SMILES string of the molecule is CNC(=O)c1ccc(-c2nccnc2C2CN(c3ncc4ccc(F)cc4n3)C2)cc1F. The van der Waals surface area contributed by atoms with Gasteiger partial charge in [0.05, 0.1) is 22.5 Å². The molecule has 1 N–H and O–H groups in total. The van der Waals surface area contributed by atoms with E-state index in [1.54, 1.807) is 30.7 Å². The van der Waals surface area contributed by atoms with Crippen molar-refractivity contribution in [1.29, 1.82) is 0 Å². The van der Waals surface area contributed by atoms with Crippen LogP contribution in [0.5, 0.6) is 0 Å². The number of benzene rings is 2. The summed E-state index contributed by atoms with van der Waals surface area (Å²) < 4.78 is 28.0. The number of aromatic nitrogens is 4. The van der Waals surface area contributed by atoms with Gasteiger partial charge in [-0.15, -0.1) is 0 Å². The molecule has 1 aliphatic rings. The molecule has 160 valence electrons. The van der Waals surface area contributed by atoms with Gasteiger partial charge in [0.15, 0.2) is 0 Å². The number of nitrogens with zero attached hydrogens (tertiary/aromatic N) is 5. The summed E-state index contributed by atoms with van der Waals surface area (Å²) in [4.78, 5) is 31.5. The van der Waals surface area contributed by atoms with Crippen LogP contribution in [0.4, 0.5) is 14.7 Å². The number of anilines is 1. The fourth-order valence-corrected chi connectivity index (χ4v) is 3.81. The molecule has 9 heteroatoms. The Morgan fingerprint density at radius 2 is 1.88 bits per heavy atom. The zero-order valence-corrected chi connectivity index (χ0v) is 17.1. The molecule has 0 aliphatic carbocycles. The molecule has 32 heavy (non-hydrogen) atoms. The van der Waals surface area contributed by atoms with Crippen molar-refractivity contribution in [2.24, 2.45) is 0 Å². The molecule has 2 aromatic heterocycles. The number of rotatable bonds is 4. The van der Waals surface area contributed by atoms with E-state index in [0.29, 0.717) is 35.8 Å². The van der Waals surface area contributed by atoms with Crippen molar-refractivity contribution in [2.45, 2.75) is 5.92 Å². The molecule has 2 aromatic carbocycles. The lowest BCUT2D eigenvalue weighted by Crippen LogP contribution is -2.46. The summed E-state index contributed by atoms with van der Waals surface area (Å²) in [6.07, 6.45) is 4.84. The Balaban J connectivity index is 1.39. The first-order valence-electron chi connectivity index (χ1n) is 10.0. The topological polar surface area (TPSA) is 83.9 Å². The minimum absolute atomic E-state index is 0.0265. The number of halogens is 2. The van der Waals surface area contributed by atoms with Crippen LogP contribution in [0.2, 0.25) is 0 Å². The molecular formula is C23H18F2N6O. The molecule has 1 fully saturated rings. The second-order valence-corrected chi connectivity index (χ2v) is 7.54. The third-order valence-electron chi connectivity index (χ3n) is 5.52. The smallest absolute Gasteiger partial charge is 0.253 e. The van der Waals surface area contributed by atoms with Crippen LogP contribution in [0.15, 0.2) is 55.0 Å². The second-order valence-electron chi connectivity index (χ2n) is 7.54. The van der Waals surface area contributed by atoms with Crippen LogP contribution in [-0.2, 0) is 0 Å². The maximum atomic E-state index is 14.5. The van der Waals surface area contributed by atoms with Crippen LogP contribution in [-0.4, -0.2) is 46.0 Å². The fraction of sp³-hybridized carbons (Fsp3) is 0.174. The van der Waals surface area contributed by atoms with Crippen molar-refractivity contribution >= 4 is 22.8 Å². The highest BCUT2D eigenvalue weighted by Crippen LogP contribution is 2.34. The summed E-state index contributed by atoms with van der Waals surface area (Å²) in [6.45, 7) is 1.21. The number of carbonyl (C=O) groups excluding carboxylic acids is 1. The van der Waals surface area contributed by atoms with E-state index in [1.165, 1.54) is 31.3 Å². The number of nitrogens with one attached hydrogen (secondary N) is 1. The third kappa shape index (κ3) is 3.51. The number of amides is 1. The van der Waals surface area contributed by atoms with Gasteiger partial charge in [0.2, 0.25) is 5.95 Å². The molecule has 1 aliphatic heterocycles. The predicted molar refractivity (Wildman–Crippen MR) is 115 cm³/mol. The van der Waals surface area contributed by atoms with Crippen molar-refractivity contribution in [3.63, 3.8) is 0 Å². The van der Waals surface area contributed by atoms with Gasteiger partial charge < -0.3 is 10.2 Å². The van der Waals surface area contributed by atoms with Crippen molar-refractivity contribution < 1.29 is 13.6 Å². The van der Waals surface area contributed by atoms with Gasteiger partial charge in [-0.3, -0.25) is 14.8 Å². The molecule has 4 aromatic rings. The average molecular weight is 432 g/mol. The summed E-state index contributed by atoms with van der Waals surface area (Å²) in [6, 6.07) is 8.82. The molecule has 0 radical (unpaired) electrons. The van der Waals surface area contributed by atoms with E-state index < -0.39 is 11.7 Å². The molecule has 5 rings (SSSR count). The standard InChI is InChI=1S/C23H18F2N6O/c1-26-22(32)17-5-3-13(8-18(17)25)20-21(28-7-6-27-20)15-11-31(12-15)23-29-10-14-2-4-16(24)9-19(14)30-23/h2-10,15H,11-12H2,1H3,(H,26,32). The van der Waals surface area contributed by atoms with Crippen molar-refractivity contribution in [3.05, 3.63) is 77.9 Å². The zero-order chi connectivity index (χ0) is 22.2. The molecule has 1 saturated heterocycles. The Morgan fingerprint density at radius 3 is 2.66 bits per heavy atom. The summed E-state index contributed by atoms with van der Waals surface area (Å²) >= 11 is 0. The van der Waals surface area contributed by atoms with E-state index in [0.717, 1.165) is 11.1 Å². The second kappa shape index (κ2) is 7.92. The largest absolute Gasteiger partial charge is 0.355 e. The van der Waals surface area contributed by atoms with Crippen molar-refractivity contribution in [2.75, 3.05) is 25.0 Å². The Morgan fingerprint density at radius 1 is 1.06 bits per heavy atom. The van der Waals surface area contributed by atoms with Crippen molar-refractivity contribution in [3.8, 4) is 11.3 Å². The van der Waals surface area contributed by atoms with Gasteiger partial charge in [-0.1, -0.05) is 6.07 Å². The van der Waals surface area contributed by atoms with Crippen LogP contribution in [0.3, 0.4) is 0 Å². The molecule has 0 bridgehead atoms. The van der Waals surface area contributed by atoms with Gasteiger partial charge in [-0.05, 0) is 24.3 Å². The average Bonchev–Trinajstić information content (AvgIpc) is 2.77. The van der Waals surface area contributed by atoms with Crippen LogP contribution in [0.1, 0.15) is 22.0 Å². The fourth-order valence-electron chi connectivity index (χ4n) is 3.81. The van der Waals surface area contributed by atoms with Gasteiger partial charge in [0, 0.05) is 61.7 Å². The van der Waals surface area contributed by atoms with Gasteiger partial charge in [0.25, 0.3) is 5.91 Å². The van der Waals surface area contributed by atoms with E-state index in [1.807, 2.05) is 4.90 Å². The molecule has 3 heterocycles. The summed E-state index contributed by atoms with van der Waals surface area (Å²) in [5, 5.41) is 3.19. The summed E-state index contributed by atoms with van der Waals surface area (Å²) in [7, 11) is 1.45. The third-order valence-corrected chi connectivity index (χ3v) is 5.52. The van der Waals surface area contributed by atoms with Gasteiger partial charge in [-0.2, -0.15) is 0 Å².